The van der Waals surface area contributed by atoms with Crippen LogP contribution in [0.5, 0.6) is 11.5 Å². The fourth-order valence-electron chi connectivity index (χ4n) is 5.11. The van der Waals surface area contributed by atoms with Gasteiger partial charge in [0.1, 0.15) is 24.1 Å². The van der Waals surface area contributed by atoms with Crippen molar-refractivity contribution in [2.75, 3.05) is 12.0 Å². The van der Waals surface area contributed by atoms with E-state index in [0.717, 1.165) is 43.2 Å². The SMILES string of the molecule is COc1ccc(N(C(=O)Cn2nnc(-c3ccc(C)cc3)n2)[C@H](C(=O)NC2CCCCC2)c2ccc(O)cc2)cc1. The lowest BCUT2D eigenvalue weighted by atomic mass is 9.94. The number of aromatic nitrogens is 4. The summed E-state index contributed by atoms with van der Waals surface area (Å²) >= 11 is 0. The molecule has 212 valence electrons. The van der Waals surface area contributed by atoms with Gasteiger partial charge in [0.2, 0.25) is 11.7 Å². The normalized spacial score (nSPS) is 14.3. The fraction of sp³-hybridized carbons (Fsp3) is 0.323. The third-order valence-corrected chi connectivity index (χ3v) is 7.33. The Kier molecular flexibility index (Phi) is 8.57. The molecule has 1 aliphatic carbocycles. The van der Waals surface area contributed by atoms with E-state index in [4.69, 9.17) is 4.74 Å². The van der Waals surface area contributed by atoms with E-state index >= 15 is 0 Å². The lowest BCUT2D eigenvalue weighted by Crippen LogP contribution is -2.48. The van der Waals surface area contributed by atoms with Crippen LogP contribution in [0.3, 0.4) is 0 Å². The first kappa shape index (κ1) is 27.8. The number of ether oxygens (including phenoxy) is 1. The Morgan fingerprint density at radius 2 is 1.68 bits per heavy atom. The molecule has 1 fully saturated rings. The van der Waals surface area contributed by atoms with Crippen molar-refractivity contribution in [3.8, 4) is 22.9 Å². The lowest BCUT2D eigenvalue weighted by molar-refractivity contribution is -0.127. The van der Waals surface area contributed by atoms with E-state index < -0.39 is 11.9 Å². The van der Waals surface area contributed by atoms with Gasteiger partial charge in [-0.05, 0) is 66.9 Å². The highest BCUT2D eigenvalue weighted by atomic mass is 16.5. The molecule has 1 aromatic heterocycles. The maximum Gasteiger partial charge on any atom is 0.251 e. The minimum Gasteiger partial charge on any atom is -0.508 e. The quantitative estimate of drug-likeness (QED) is 0.310. The molecule has 1 atom stereocenters. The van der Waals surface area contributed by atoms with Gasteiger partial charge in [-0.1, -0.05) is 61.2 Å². The van der Waals surface area contributed by atoms with Crippen molar-refractivity contribution < 1.29 is 19.4 Å². The number of hydrogen-bond acceptors (Lipinski definition) is 7. The van der Waals surface area contributed by atoms with Crippen molar-refractivity contribution in [2.24, 2.45) is 0 Å². The molecular formula is C31H34N6O4. The number of nitrogens with one attached hydrogen (secondary N) is 1. The lowest BCUT2D eigenvalue weighted by Gasteiger charge is -2.33. The summed E-state index contributed by atoms with van der Waals surface area (Å²) in [5.74, 6) is 0.394. The molecule has 0 aliphatic heterocycles. The minimum absolute atomic E-state index is 0.0396. The molecule has 2 N–H and O–H groups in total. The van der Waals surface area contributed by atoms with Crippen LogP contribution in [-0.2, 0) is 16.1 Å². The summed E-state index contributed by atoms with van der Waals surface area (Å²) in [5, 5.41) is 25.8. The van der Waals surface area contributed by atoms with E-state index in [-0.39, 0.29) is 24.2 Å². The molecule has 3 aromatic carbocycles. The predicted molar refractivity (Wildman–Crippen MR) is 154 cm³/mol. The molecule has 0 unspecified atom stereocenters. The second-order valence-corrected chi connectivity index (χ2v) is 10.3. The molecule has 1 saturated carbocycles. The van der Waals surface area contributed by atoms with E-state index in [0.29, 0.717) is 22.8 Å². The van der Waals surface area contributed by atoms with Gasteiger partial charge < -0.3 is 15.2 Å². The zero-order valence-corrected chi connectivity index (χ0v) is 23.2. The zero-order valence-electron chi connectivity index (χ0n) is 23.2. The first-order chi connectivity index (χ1) is 19.9. The van der Waals surface area contributed by atoms with Crippen LogP contribution in [0.1, 0.15) is 49.3 Å². The number of anilines is 1. The maximum absolute atomic E-state index is 14.1. The average molecular weight is 555 g/mol. The number of phenolic OH excluding ortho intramolecular Hbond substituents is 1. The van der Waals surface area contributed by atoms with E-state index in [2.05, 4.69) is 20.7 Å². The van der Waals surface area contributed by atoms with E-state index in [1.165, 1.54) is 21.8 Å². The largest absolute Gasteiger partial charge is 0.508 e. The number of benzene rings is 3. The van der Waals surface area contributed by atoms with Crippen LogP contribution in [0.4, 0.5) is 5.69 Å². The molecular weight excluding hydrogens is 520 g/mol. The zero-order chi connectivity index (χ0) is 28.8. The third kappa shape index (κ3) is 6.71. The molecule has 10 nitrogen and oxygen atoms in total. The molecule has 1 heterocycles. The summed E-state index contributed by atoms with van der Waals surface area (Å²) in [6.07, 6.45) is 5.05. The third-order valence-electron chi connectivity index (χ3n) is 7.33. The highest BCUT2D eigenvalue weighted by molar-refractivity contribution is 6.01. The number of aromatic hydroxyl groups is 1. The number of carbonyl (C=O) groups excluding carboxylic acids is 2. The first-order valence-electron chi connectivity index (χ1n) is 13.8. The van der Waals surface area contributed by atoms with Gasteiger partial charge in [-0.15, -0.1) is 10.2 Å². The van der Waals surface area contributed by atoms with Crippen molar-refractivity contribution in [1.82, 2.24) is 25.5 Å². The number of amides is 2. The van der Waals surface area contributed by atoms with Gasteiger partial charge in [0.25, 0.3) is 5.91 Å². The summed E-state index contributed by atoms with van der Waals surface area (Å²) in [7, 11) is 1.57. The van der Waals surface area contributed by atoms with Crippen LogP contribution < -0.4 is 15.0 Å². The Labute approximate surface area is 239 Å². The first-order valence-corrected chi connectivity index (χ1v) is 13.8. The minimum atomic E-state index is -1.00. The van der Waals surface area contributed by atoms with Crippen molar-refractivity contribution in [3.05, 3.63) is 83.9 Å². The van der Waals surface area contributed by atoms with Crippen molar-refractivity contribution in [2.45, 2.75) is 57.7 Å². The van der Waals surface area contributed by atoms with Crippen molar-refractivity contribution >= 4 is 17.5 Å². The van der Waals surface area contributed by atoms with Gasteiger partial charge in [0.15, 0.2) is 0 Å². The number of rotatable bonds is 9. The molecule has 0 radical (unpaired) electrons. The Morgan fingerprint density at radius 3 is 2.34 bits per heavy atom. The van der Waals surface area contributed by atoms with Gasteiger partial charge in [0.05, 0.1) is 7.11 Å². The molecule has 10 heteroatoms. The molecule has 0 saturated heterocycles. The summed E-state index contributed by atoms with van der Waals surface area (Å²) < 4.78 is 5.32. The summed E-state index contributed by atoms with van der Waals surface area (Å²) in [4.78, 5) is 30.7. The highest BCUT2D eigenvalue weighted by Gasteiger charge is 2.34. The van der Waals surface area contributed by atoms with Gasteiger partial charge in [-0.2, -0.15) is 4.80 Å². The number of phenols is 1. The van der Waals surface area contributed by atoms with Gasteiger partial charge >= 0.3 is 0 Å². The number of tetrazole rings is 1. The molecule has 5 rings (SSSR count). The highest BCUT2D eigenvalue weighted by Crippen LogP contribution is 2.31. The van der Waals surface area contributed by atoms with Gasteiger partial charge in [-0.25, -0.2) is 0 Å². The second kappa shape index (κ2) is 12.6. The Bertz CT molecular complexity index is 1460. The smallest absolute Gasteiger partial charge is 0.251 e. The van der Waals surface area contributed by atoms with Gasteiger partial charge in [-0.3, -0.25) is 14.5 Å². The summed E-state index contributed by atoms with van der Waals surface area (Å²) in [6, 6.07) is 20.1. The number of nitrogens with zero attached hydrogens (tertiary/aromatic N) is 5. The van der Waals surface area contributed by atoms with Crippen LogP contribution in [-0.4, -0.2) is 50.3 Å². The topological polar surface area (TPSA) is 122 Å². The maximum atomic E-state index is 14.1. The predicted octanol–water partition coefficient (Wildman–Crippen LogP) is 4.59. The molecule has 4 aromatic rings. The fourth-order valence-corrected chi connectivity index (χ4v) is 5.11. The van der Waals surface area contributed by atoms with Gasteiger partial charge in [0, 0.05) is 17.3 Å². The molecule has 0 spiro atoms. The Hall–Kier alpha value is -4.73. The monoisotopic (exact) mass is 554 g/mol. The van der Waals surface area contributed by atoms with Crippen molar-refractivity contribution in [1.29, 1.82) is 0 Å². The van der Waals surface area contributed by atoms with Crippen LogP contribution in [0.25, 0.3) is 11.4 Å². The average Bonchev–Trinajstić information content (AvgIpc) is 3.45. The molecule has 1 aliphatic rings. The summed E-state index contributed by atoms with van der Waals surface area (Å²) in [5.41, 5.74) is 2.96. The Balaban J connectivity index is 1.50. The van der Waals surface area contributed by atoms with E-state index in [9.17, 15) is 14.7 Å². The molecule has 0 bridgehead atoms. The van der Waals surface area contributed by atoms with Crippen LogP contribution in [0, 0.1) is 6.92 Å². The van der Waals surface area contributed by atoms with E-state index in [1.54, 1.807) is 43.5 Å². The number of hydrogen-bond donors (Lipinski definition) is 2. The molecule has 41 heavy (non-hydrogen) atoms. The number of aryl methyl sites for hydroxylation is 1. The van der Waals surface area contributed by atoms with Crippen molar-refractivity contribution in [3.63, 3.8) is 0 Å². The van der Waals surface area contributed by atoms with Crippen LogP contribution >= 0.6 is 0 Å². The molecule has 2 amide bonds. The Morgan fingerprint density at radius 1 is 1.00 bits per heavy atom. The van der Waals surface area contributed by atoms with Crippen LogP contribution in [0.2, 0.25) is 0 Å². The number of carbonyl (C=O) groups is 2. The number of methoxy groups -OCH3 is 1. The second-order valence-electron chi connectivity index (χ2n) is 10.3. The van der Waals surface area contributed by atoms with Crippen LogP contribution in [0.15, 0.2) is 72.8 Å². The van der Waals surface area contributed by atoms with E-state index in [1.807, 2.05) is 31.2 Å². The standard InChI is InChI=1S/C31H34N6O4/c1-21-8-10-23(11-9-21)30-33-35-36(34-30)20-28(39)37(25-14-18-27(41-2)19-15-25)29(22-12-16-26(38)17-13-22)31(40)32-24-6-4-3-5-7-24/h8-19,24,29,38H,3-7,20H2,1-2H3,(H,32,40)/t29-/m0/s1. The summed E-state index contributed by atoms with van der Waals surface area (Å²) in [6.45, 7) is 1.76.